The number of pyridine rings is 1. The smallest absolute Gasteiger partial charge is 0.319 e. The molecule has 0 aliphatic carbocycles. The Hall–Kier alpha value is -2.02. The van der Waals surface area contributed by atoms with Crippen LogP contribution >= 0.6 is 0 Å². The van der Waals surface area contributed by atoms with E-state index in [4.69, 9.17) is 5.73 Å². The lowest BCUT2D eigenvalue weighted by Gasteiger charge is -2.12. The van der Waals surface area contributed by atoms with E-state index in [9.17, 15) is 13.2 Å². The minimum absolute atomic E-state index is 0.331. The van der Waals surface area contributed by atoms with Crippen molar-refractivity contribution >= 4 is 0 Å². The van der Waals surface area contributed by atoms with Crippen molar-refractivity contribution in [3.8, 4) is 0 Å². The Kier molecular flexibility index (Phi) is 3.24. The van der Waals surface area contributed by atoms with Crippen LogP contribution in [-0.4, -0.2) is 15.0 Å². The lowest BCUT2D eigenvalue weighted by atomic mass is 10.1. The fourth-order valence-corrected chi connectivity index (χ4v) is 1.40. The van der Waals surface area contributed by atoms with E-state index in [-0.39, 0.29) is 0 Å². The van der Waals surface area contributed by atoms with Crippen LogP contribution in [0.5, 0.6) is 0 Å². The number of alkyl halides is 3. The molecule has 0 bridgehead atoms. The molecule has 2 aromatic rings. The maximum atomic E-state index is 12.4. The van der Waals surface area contributed by atoms with Crippen molar-refractivity contribution in [1.29, 1.82) is 0 Å². The zero-order valence-electron chi connectivity index (χ0n) is 9.09. The van der Waals surface area contributed by atoms with Gasteiger partial charge in [0.15, 0.2) is 0 Å². The molecule has 0 spiro atoms. The number of aromatic nitrogens is 3. The third kappa shape index (κ3) is 2.62. The van der Waals surface area contributed by atoms with Crippen LogP contribution in [-0.2, 0) is 6.18 Å². The van der Waals surface area contributed by atoms with Gasteiger partial charge in [0.25, 0.3) is 0 Å². The number of halogens is 3. The van der Waals surface area contributed by atoms with E-state index in [0.29, 0.717) is 11.3 Å². The minimum atomic E-state index is -4.40. The summed E-state index contributed by atoms with van der Waals surface area (Å²) in [5.41, 5.74) is 5.97. The first-order valence-electron chi connectivity index (χ1n) is 5.02. The van der Waals surface area contributed by atoms with E-state index < -0.39 is 17.8 Å². The predicted octanol–water partition coefficient (Wildman–Crippen LogP) is 1.94. The Balaban J connectivity index is 2.25. The van der Waals surface area contributed by atoms with Gasteiger partial charge >= 0.3 is 6.18 Å². The summed E-state index contributed by atoms with van der Waals surface area (Å²) in [4.78, 5) is 11.3. The maximum Gasteiger partial charge on any atom is 0.417 e. The third-order valence-corrected chi connectivity index (χ3v) is 2.37. The van der Waals surface area contributed by atoms with Crippen LogP contribution in [0.3, 0.4) is 0 Å². The Bertz CT molecular complexity index is 510. The number of hydrogen-bond donors (Lipinski definition) is 1. The van der Waals surface area contributed by atoms with Crippen LogP contribution in [0.15, 0.2) is 37.1 Å². The number of hydrogen-bond acceptors (Lipinski definition) is 4. The number of nitrogens with two attached hydrogens (primary N) is 1. The van der Waals surface area contributed by atoms with Gasteiger partial charge in [-0.05, 0) is 12.1 Å². The Morgan fingerprint density at radius 2 is 1.72 bits per heavy atom. The molecule has 4 nitrogen and oxygen atoms in total. The molecule has 18 heavy (non-hydrogen) atoms. The molecule has 0 aliphatic rings. The molecule has 0 aromatic carbocycles. The second-order valence-corrected chi connectivity index (χ2v) is 3.62. The Morgan fingerprint density at radius 1 is 1.06 bits per heavy atom. The lowest BCUT2D eigenvalue weighted by molar-refractivity contribution is -0.137. The predicted molar refractivity (Wildman–Crippen MR) is 57.3 cm³/mol. The highest BCUT2D eigenvalue weighted by Gasteiger charge is 2.30. The van der Waals surface area contributed by atoms with Crippen molar-refractivity contribution < 1.29 is 13.2 Å². The SMILES string of the molecule is NC(c1cncnc1)c1ccc(C(F)(F)F)cn1. The van der Waals surface area contributed by atoms with E-state index in [1.807, 2.05) is 0 Å². The summed E-state index contributed by atoms with van der Waals surface area (Å²) in [5, 5.41) is 0. The normalized spacial score (nSPS) is 13.3. The fraction of sp³-hybridized carbons (Fsp3) is 0.182. The van der Waals surface area contributed by atoms with Crippen LogP contribution in [0.1, 0.15) is 22.9 Å². The summed E-state index contributed by atoms with van der Waals surface area (Å²) in [5.74, 6) is 0. The van der Waals surface area contributed by atoms with E-state index in [1.165, 1.54) is 24.8 Å². The first-order valence-corrected chi connectivity index (χ1v) is 5.02. The average Bonchev–Trinajstić information content (AvgIpc) is 2.38. The molecule has 2 rings (SSSR count). The van der Waals surface area contributed by atoms with Gasteiger partial charge in [0.05, 0.1) is 17.3 Å². The molecule has 0 fully saturated rings. The van der Waals surface area contributed by atoms with Gasteiger partial charge in [0.2, 0.25) is 0 Å². The van der Waals surface area contributed by atoms with Crippen LogP contribution in [0.4, 0.5) is 13.2 Å². The summed E-state index contributed by atoms with van der Waals surface area (Å²) in [6.07, 6.45) is 0.703. The van der Waals surface area contributed by atoms with Crippen LogP contribution in [0, 0.1) is 0 Å². The largest absolute Gasteiger partial charge is 0.417 e. The number of rotatable bonds is 2. The molecule has 0 saturated heterocycles. The molecule has 0 aliphatic heterocycles. The Labute approximate surface area is 101 Å². The molecule has 0 saturated carbocycles. The van der Waals surface area contributed by atoms with E-state index in [0.717, 1.165) is 12.3 Å². The van der Waals surface area contributed by atoms with E-state index in [1.54, 1.807) is 0 Å². The first-order chi connectivity index (χ1) is 8.48. The van der Waals surface area contributed by atoms with E-state index >= 15 is 0 Å². The summed E-state index contributed by atoms with van der Waals surface area (Å²) >= 11 is 0. The van der Waals surface area contributed by atoms with Crippen molar-refractivity contribution in [2.75, 3.05) is 0 Å². The molecule has 1 atom stereocenters. The van der Waals surface area contributed by atoms with Gasteiger partial charge in [-0.25, -0.2) is 9.97 Å². The average molecular weight is 254 g/mol. The molecular formula is C11H9F3N4. The second-order valence-electron chi connectivity index (χ2n) is 3.62. The van der Waals surface area contributed by atoms with Gasteiger partial charge in [0.1, 0.15) is 6.33 Å². The maximum absolute atomic E-state index is 12.4. The van der Waals surface area contributed by atoms with Gasteiger partial charge in [-0.1, -0.05) is 0 Å². The zero-order valence-corrected chi connectivity index (χ0v) is 9.09. The van der Waals surface area contributed by atoms with Gasteiger partial charge in [0, 0.05) is 24.2 Å². The van der Waals surface area contributed by atoms with E-state index in [2.05, 4.69) is 15.0 Å². The van der Waals surface area contributed by atoms with Crippen molar-refractivity contribution in [2.45, 2.75) is 12.2 Å². The molecule has 0 radical (unpaired) electrons. The minimum Gasteiger partial charge on any atom is -0.319 e. The molecule has 2 N–H and O–H groups in total. The summed E-state index contributed by atoms with van der Waals surface area (Å²) in [6, 6.07) is 1.56. The summed E-state index contributed by atoms with van der Waals surface area (Å²) in [7, 11) is 0. The fourth-order valence-electron chi connectivity index (χ4n) is 1.40. The molecule has 7 heteroatoms. The highest BCUT2D eigenvalue weighted by Crippen LogP contribution is 2.29. The number of nitrogens with zero attached hydrogens (tertiary/aromatic N) is 3. The van der Waals surface area contributed by atoms with Crippen LogP contribution in [0.2, 0.25) is 0 Å². The topological polar surface area (TPSA) is 64.7 Å². The quantitative estimate of drug-likeness (QED) is 0.889. The van der Waals surface area contributed by atoms with Crippen molar-refractivity contribution in [2.24, 2.45) is 5.73 Å². The van der Waals surface area contributed by atoms with Crippen molar-refractivity contribution in [3.05, 3.63) is 53.9 Å². The van der Waals surface area contributed by atoms with Crippen LogP contribution in [0.25, 0.3) is 0 Å². The van der Waals surface area contributed by atoms with Gasteiger partial charge in [-0.2, -0.15) is 13.2 Å². The van der Waals surface area contributed by atoms with Gasteiger partial charge in [-0.15, -0.1) is 0 Å². The highest BCUT2D eigenvalue weighted by atomic mass is 19.4. The molecule has 0 amide bonds. The molecule has 94 valence electrons. The third-order valence-electron chi connectivity index (χ3n) is 2.37. The standard InChI is InChI=1S/C11H9F3N4/c12-11(13,14)8-1-2-9(18-5-8)10(15)7-3-16-6-17-4-7/h1-6,10H,15H2. The zero-order chi connectivity index (χ0) is 13.2. The molecule has 2 heterocycles. The summed E-state index contributed by atoms with van der Waals surface area (Å²) < 4.78 is 37.1. The Morgan fingerprint density at radius 3 is 2.22 bits per heavy atom. The summed E-state index contributed by atoms with van der Waals surface area (Å²) in [6.45, 7) is 0. The molecule has 1 unspecified atom stereocenters. The monoisotopic (exact) mass is 254 g/mol. The van der Waals surface area contributed by atoms with Gasteiger partial charge in [-0.3, -0.25) is 4.98 Å². The molecule has 2 aromatic heterocycles. The highest BCUT2D eigenvalue weighted by molar-refractivity contribution is 5.25. The lowest BCUT2D eigenvalue weighted by Crippen LogP contribution is -2.15. The van der Waals surface area contributed by atoms with Gasteiger partial charge < -0.3 is 5.73 Å². The van der Waals surface area contributed by atoms with Crippen molar-refractivity contribution in [3.63, 3.8) is 0 Å². The van der Waals surface area contributed by atoms with Crippen molar-refractivity contribution in [1.82, 2.24) is 15.0 Å². The van der Waals surface area contributed by atoms with Crippen LogP contribution < -0.4 is 5.73 Å². The molecular weight excluding hydrogens is 245 g/mol. The first kappa shape index (κ1) is 12.4. The second kappa shape index (κ2) is 4.69.